The van der Waals surface area contributed by atoms with Crippen LogP contribution in [-0.2, 0) is 13.1 Å². The second-order valence-corrected chi connectivity index (χ2v) is 7.37. The quantitative estimate of drug-likeness (QED) is 0.465. The van der Waals surface area contributed by atoms with Crippen molar-refractivity contribution in [3.63, 3.8) is 0 Å². The third-order valence-corrected chi connectivity index (χ3v) is 5.11. The van der Waals surface area contributed by atoms with Crippen LogP contribution in [-0.4, -0.2) is 19.9 Å². The van der Waals surface area contributed by atoms with Crippen LogP contribution in [0.1, 0.15) is 48.7 Å². The lowest BCUT2D eigenvalue weighted by Crippen LogP contribution is -2.20. The molecule has 4 aromatic rings. The van der Waals surface area contributed by atoms with Gasteiger partial charge in [0.05, 0.1) is 22.8 Å². The van der Waals surface area contributed by atoms with Crippen LogP contribution in [0.4, 0.5) is 0 Å². The van der Waals surface area contributed by atoms with E-state index in [0.717, 1.165) is 33.8 Å². The highest BCUT2D eigenvalue weighted by Gasteiger charge is 2.09. The molecule has 2 N–H and O–H groups in total. The van der Waals surface area contributed by atoms with Crippen molar-refractivity contribution in [1.82, 2.24) is 30.6 Å². The number of hydrogen-bond donors (Lipinski definition) is 2. The Bertz CT molecular complexity index is 1000. The normalized spacial score (nSPS) is 13.3. The van der Waals surface area contributed by atoms with E-state index in [1.165, 1.54) is 0 Å². The smallest absolute Gasteiger partial charge is 0.159 e. The first-order valence-electron chi connectivity index (χ1n) is 10.2. The molecule has 2 atom stereocenters. The molecule has 4 heterocycles. The Morgan fingerprint density at radius 3 is 1.60 bits per heavy atom. The monoisotopic (exact) mass is 398 g/mol. The molecule has 0 bridgehead atoms. The number of aromatic nitrogens is 4. The molecule has 152 valence electrons. The van der Waals surface area contributed by atoms with Crippen LogP contribution in [0.15, 0.2) is 73.1 Å². The van der Waals surface area contributed by atoms with Gasteiger partial charge in [0.25, 0.3) is 0 Å². The first kappa shape index (κ1) is 20.1. The van der Waals surface area contributed by atoms with Crippen molar-refractivity contribution in [3.05, 3.63) is 95.8 Å². The minimum atomic E-state index is 0.153. The van der Waals surface area contributed by atoms with Gasteiger partial charge in [0.2, 0.25) is 0 Å². The van der Waals surface area contributed by atoms with E-state index in [4.69, 9.17) is 9.97 Å². The third-order valence-electron chi connectivity index (χ3n) is 5.11. The van der Waals surface area contributed by atoms with Crippen LogP contribution in [0, 0.1) is 0 Å². The first-order valence-corrected chi connectivity index (χ1v) is 10.2. The van der Waals surface area contributed by atoms with Crippen molar-refractivity contribution >= 4 is 11.0 Å². The van der Waals surface area contributed by atoms with Gasteiger partial charge in [-0.3, -0.25) is 9.97 Å². The maximum atomic E-state index is 4.75. The largest absolute Gasteiger partial charge is 0.303 e. The average Bonchev–Trinajstić information content (AvgIpc) is 2.81. The first-order chi connectivity index (χ1) is 14.7. The van der Waals surface area contributed by atoms with Crippen molar-refractivity contribution in [2.75, 3.05) is 0 Å². The zero-order valence-corrected chi connectivity index (χ0v) is 17.3. The maximum absolute atomic E-state index is 4.75. The van der Waals surface area contributed by atoms with Gasteiger partial charge < -0.3 is 10.6 Å². The predicted octanol–water partition coefficient (Wildman–Crippen LogP) is 4.12. The summed E-state index contributed by atoms with van der Waals surface area (Å²) >= 11 is 0. The van der Waals surface area contributed by atoms with Crippen LogP contribution in [0.5, 0.6) is 0 Å². The molecular formula is C24H26N6. The van der Waals surface area contributed by atoms with Gasteiger partial charge in [-0.05, 0) is 62.4 Å². The summed E-state index contributed by atoms with van der Waals surface area (Å²) in [6.45, 7) is 5.53. The van der Waals surface area contributed by atoms with Crippen LogP contribution in [0.25, 0.3) is 11.0 Å². The lowest BCUT2D eigenvalue weighted by Gasteiger charge is -2.14. The lowest BCUT2D eigenvalue weighted by atomic mass is 10.2. The topological polar surface area (TPSA) is 75.6 Å². The molecule has 0 spiro atoms. The van der Waals surface area contributed by atoms with Crippen molar-refractivity contribution in [1.29, 1.82) is 0 Å². The fourth-order valence-corrected chi connectivity index (χ4v) is 3.26. The molecule has 6 nitrogen and oxygen atoms in total. The SMILES string of the molecule is CC(NCc1ccc2ccc(CNC(C)c3ccccn3)nc2n1)c1ccccn1. The number of pyridine rings is 4. The summed E-state index contributed by atoms with van der Waals surface area (Å²) in [4.78, 5) is 18.3. The lowest BCUT2D eigenvalue weighted by molar-refractivity contribution is 0.554. The van der Waals surface area contributed by atoms with Gasteiger partial charge in [0, 0.05) is 43.0 Å². The minimum absolute atomic E-state index is 0.153. The summed E-state index contributed by atoms with van der Waals surface area (Å²) in [6.07, 6.45) is 3.63. The molecule has 0 fully saturated rings. The maximum Gasteiger partial charge on any atom is 0.159 e. The highest BCUT2D eigenvalue weighted by atomic mass is 15.0. The molecule has 0 aliphatic carbocycles. The van der Waals surface area contributed by atoms with Crippen LogP contribution in [0.3, 0.4) is 0 Å². The number of nitrogens with zero attached hydrogens (tertiary/aromatic N) is 4. The summed E-state index contributed by atoms with van der Waals surface area (Å²) < 4.78 is 0. The molecule has 0 saturated heterocycles. The molecule has 0 aromatic carbocycles. The molecule has 0 radical (unpaired) electrons. The van der Waals surface area contributed by atoms with Crippen molar-refractivity contribution < 1.29 is 0 Å². The minimum Gasteiger partial charge on any atom is -0.303 e. The molecular weight excluding hydrogens is 372 g/mol. The zero-order chi connectivity index (χ0) is 20.8. The summed E-state index contributed by atoms with van der Waals surface area (Å²) in [5.41, 5.74) is 4.73. The Hall–Kier alpha value is -3.22. The van der Waals surface area contributed by atoms with Gasteiger partial charge in [0.1, 0.15) is 0 Å². The van der Waals surface area contributed by atoms with E-state index in [1.807, 2.05) is 60.9 Å². The van der Waals surface area contributed by atoms with Gasteiger partial charge in [-0.1, -0.05) is 12.1 Å². The van der Waals surface area contributed by atoms with Crippen LogP contribution in [0.2, 0.25) is 0 Å². The van der Waals surface area contributed by atoms with Gasteiger partial charge in [-0.25, -0.2) is 9.97 Å². The second kappa shape index (κ2) is 9.52. The highest BCUT2D eigenvalue weighted by molar-refractivity contribution is 5.74. The van der Waals surface area contributed by atoms with E-state index >= 15 is 0 Å². The predicted molar refractivity (Wildman–Crippen MR) is 119 cm³/mol. The standard InChI is InChI=1S/C24H26N6/c1-17(22-7-3-5-13-25-22)27-15-20-11-9-19-10-12-21(30-24(19)29-20)16-28-18(2)23-8-4-6-14-26-23/h3-14,17-18,27-28H,15-16H2,1-2H3. The third kappa shape index (κ3) is 5.03. The fraction of sp³-hybridized carbons (Fsp3) is 0.250. The summed E-state index contributed by atoms with van der Waals surface area (Å²) in [6, 6.07) is 20.5. The van der Waals surface area contributed by atoms with E-state index in [-0.39, 0.29) is 12.1 Å². The highest BCUT2D eigenvalue weighted by Crippen LogP contribution is 2.14. The summed E-state index contributed by atoms with van der Waals surface area (Å²) in [7, 11) is 0. The number of nitrogens with one attached hydrogen (secondary N) is 2. The zero-order valence-electron chi connectivity index (χ0n) is 17.3. The summed E-state index contributed by atoms with van der Waals surface area (Å²) in [5, 5.41) is 8.00. The van der Waals surface area contributed by atoms with E-state index in [0.29, 0.717) is 13.1 Å². The van der Waals surface area contributed by atoms with Crippen LogP contribution >= 0.6 is 0 Å². The van der Waals surface area contributed by atoms with Crippen LogP contribution < -0.4 is 10.6 Å². The second-order valence-electron chi connectivity index (χ2n) is 7.37. The van der Waals surface area contributed by atoms with Crippen molar-refractivity contribution in [2.24, 2.45) is 0 Å². The number of hydrogen-bond acceptors (Lipinski definition) is 6. The Morgan fingerprint density at radius 1 is 0.667 bits per heavy atom. The Balaban J connectivity index is 1.41. The molecule has 0 saturated carbocycles. The molecule has 0 aliphatic heterocycles. The fourth-order valence-electron chi connectivity index (χ4n) is 3.26. The van der Waals surface area contributed by atoms with Crippen molar-refractivity contribution in [2.45, 2.75) is 39.0 Å². The molecule has 30 heavy (non-hydrogen) atoms. The van der Waals surface area contributed by atoms with E-state index in [1.54, 1.807) is 0 Å². The Labute approximate surface area is 176 Å². The number of rotatable bonds is 8. The molecule has 6 heteroatoms. The Kier molecular flexibility index (Phi) is 6.37. The Morgan fingerprint density at radius 2 is 1.17 bits per heavy atom. The van der Waals surface area contributed by atoms with Crippen molar-refractivity contribution in [3.8, 4) is 0 Å². The van der Waals surface area contributed by atoms with Gasteiger partial charge in [-0.2, -0.15) is 0 Å². The molecule has 4 rings (SSSR count). The van der Waals surface area contributed by atoms with Gasteiger partial charge in [-0.15, -0.1) is 0 Å². The average molecular weight is 399 g/mol. The molecule has 0 aliphatic rings. The molecule has 2 unspecified atom stereocenters. The van der Waals surface area contributed by atoms with Gasteiger partial charge >= 0.3 is 0 Å². The van der Waals surface area contributed by atoms with E-state index < -0.39 is 0 Å². The van der Waals surface area contributed by atoms with Gasteiger partial charge in [0.15, 0.2) is 5.65 Å². The molecule has 0 amide bonds. The van der Waals surface area contributed by atoms with E-state index in [9.17, 15) is 0 Å². The summed E-state index contributed by atoms with van der Waals surface area (Å²) in [5.74, 6) is 0. The van der Waals surface area contributed by atoms with E-state index in [2.05, 4.69) is 46.6 Å². The molecule has 4 aromatic heterocycles. The number of fused-ring (bicyclic) bond motifs is 1.